The standard InChI is InChI=1S/C21H28N4O4/c1-15(26)22-12-19-13-25(21(28)29-19)18-6-4-16(5-7-18)17-8-10-24(11-9-17)20(27)14-23(2)3/h4-8,19H,9-14H2,1-3H3,(H,22,26)/t19-/m0/s1. The molecule has 2 heterocycles. The predicted molar refractivity (Wildman–Crippen MR) is 110 cm³/mol. The zero-order valence-electron chi connectivity index (χ0n) is 17.2. The van der Waals surface area contributed by atoms with Crippen LogP contribution in [0.2, 0.25) is 0 Å². The molecule has 0 saturated carbocycles. The Bertz CT molecular complexity index is 803. The van der Waals surface area contributed by atoms with Gasteiger partial charge in [-0.3, -0.25) is 14.5 Å². The van der Waals surface area contributed by atoms with Gasteiger partial charge < -0.3 is 19.9 Å². The Kier molecular flexibility index (Phi) is 6.53. The molecule has 1 aromatic carbocycles. The molecule has 156 valence electrons. The molecule has 0 unspecified atom stereocenters. The monoisotopic (exact) mass is 400 g/mol. The number of hydrogen-bond donors (Lipinski definition) is 1. The van der Waals surface area contributed by atoms with Gasteiger partial charge in [-0.1, -0.05) is 18.2 Å². The Morgan fingerprint density at radius 3 is 2.55 bits per heavy atom. The minimum absolute atomic E-state index is 0.141. The van der Waals surface area contributed by atoms with Crippen molar-refractivity contribution in [1.82, 2.24) is 15.1 Å². The van der Waals surface area contributed by atoms with Crippen LogP contribution < -0.4 is 10.2 Å². The van der Waals surface area contributed by atoms with Crippen LogP contribution in [-0.4, -0.2) is 80.6 Å². The van der Waals surface area contributed by atoms with Gasteiger partial charge in [-0.25, -0.2) is 4.79 Å². The third-order valence-corrected chi connectivity index (χ3v) is 5.02. The molecule has 3 amide bonds. The average Bonchev–Trinajstić information content (AvgIpc) is 3.07. The molecule has 2 aliphatic heterocycles. The summed E-state index contributed by atoms with van der Waals surface area (Å²) in [7, 11) is 3.78. The summed E-state index contributed by atoms with van der Waals surface area (Å²) in [6, 6.07) is 7.79. The van der Waals surface area contributed by atoms with Crippen molar-refractivity contribution in [2.24, 2.45) is 0 Å². The van der Waals surface area contributed by atoms with Gasteiger partial charge in [0.25, 0.3) is 0 Å². The van der Waals surface area contributed by atoms with Crippen molar-refractivity contribution in [1.29, 1.82) is 0 Å². The van der Waals surface area contributed by atoms with Crippen LogP contribution in [0, 0.1) is 0 Å². The van der Waals surface area contributed by atoms with Crippen LogP contribution in [0.15, 0.2) is 30.3 Å². The maximum absolute atomic E-state index is 12.2. The van der Waals surface area contributed by atoms with Crippen LogP contribution in [0.1, 0.15) is 18.9 Å². The van der Waals surface area contributed by atoms with Gasteiger partial charge in [-0.15, -0.1) is 0 Å². The number of benzene rings is 1. The molecule has 8 heteroatoms. The van der Waals surface area contributed by atoms with Crippen LogP contribution >= 0.6 is 0 Å². The lowest BCUT2D eigenvalue weighted by Gasteiger charge is -2.28. The number of anilines is 1. The maximum atomic E-state index is 12.2. The SMILES string of the molecule is CC(=O)NC[C@H]1CN(c2ccc(C3=CCN(C(=O)CN(C)C)CC3)cc2)C(=O)O1. The Morgan fingerprint density at radius 2 is 1.97 bits per heavy atom. The molecule has 1 atom stereocenters. The van der Waals surface area contributed by atoms with Crippen LogP contribution in [0.4, 0.5) is 10.5 Å². The number of carbonyl (C=O) groups is 3. The van der Waals surface area contributed by atoms with Gasteiger partial charge in [0, 0.05) is 25.7 Å². The number of nitrogens with one attached hydrogen (secondary N) is 1. The zero-order chi connectivity index (χ0) is 21.0. The van der Waals surface area contributed by atoms with Gasteiger partial charge >= 0.3 is 6.09 Å². The summed E-state index contributed by atoms with van der Waals surface area (Å²) < 4.78 is 5.31. The molecule has 0 aromatic heterocycles. The molecule has 0 bridgehead atoms. The lowest BCUT2D eigenvalue weighted by molar-refractivity contribution is -0.131. The van der Waals surface area contributed by atoms with Crippen molar-refractivity contribution in [2.45, 2.75) is 19.4 Å². The van der Waals surface area contributed by atoms with Crippen LogP contribution in [0.5, 0.6) is 0 Å². The first-order valence-corrected chi connectivity index (χ1v) is 9.78. The topological polar surface area (TPSA) is 82.2 Å². The van der Waals surface area contributed by atoms with Gasteiger partial charge in [0.05, 0.1) is 19.6 Å². The predicted octanol–water partition coefficient (Wildman–Crippen LogP) is 1.33. The van der Waals surface area contributed by atoms with Crippen molar-refractivity contribution in [3.63, 3.8) is 0 Å². The highest BCUT2D eigenvalue weighted by Crippen LogP contribution is 2.27. The molecular weight excluding hydrogens is 372 g/mol. The van der Waals surface area contributed by atoms with E-state index in [2.05, 4.69) is 11.4 Å². The summed E-state index contributed by atoms with van der Waals surface area (Å²) in [5, 5.41) is 2.67. The Balaban J connectivity index is 1.59. The van der Waals surface area contributed by atoms with Gasteiger partial charge in [-0.2, -0.15) is 0 Å². The molecule has 29 heavy (non-hydrogen) atoms. The van der Waals surface area contributed by atoms with Crippen molar-refractivity contribution >= 4 is 29.2 Å². The number of hydrogen-bond acceptors (Lipinski definition) is 5. The molecule has 0 spiro atoms. The van der Waals surface area contributed by atoms with Gasteiger partial charge in [0.1, 0.15) is 6.10 Å². The number of ether oxygens (including phenoxy) is 1. The molecule has 8 nitrogen and oxygen atoms in total. The number of nitrogens with zero attached hydrogens (tertiary/aromatic N) is 3. The summed E-state index contributed by atoms with van der Waals surface area (Å²) in [5.41, 5.74) is 3.07. The van der Waals surface area contributed by atoms with E-state index < -0.39 is 6.09 Å². The molecule has 3 rings (SSSR count). The molecule has 2 aliphatic rings. The van der Waals surface area contributed by atoms with E-state index in [9.17, 15) is 14.4 Å². The number of likely N-dealkylation sites (N-methyl/N-ethyl adjacent to an activating group) is 1. The van der Waals surface area contributed by atoms with E-state index in [4.69, 9.17) is 4.74 Å². The fourth-order valence-corrected chi connectivity index (χ4v) is 3.48. The largest absolute Gasteiger partial charge is 0.442 e. The minimum Gasteiger partial charge on any atom is -0.442 e. The van der Waals surface area contributed by atoms with Crippen molar-refractivity contribution < 1.29 is 19.1 Å². The van der Waals surface area contributed by atoms with E-state index in [-0.39, 0.29) is 17.9 Å². The van der Waals surface area contributed by atoms with Crippen LogP contribution in [0.25, 0.3) is 5.57 Å². The van der Waals surface area contributed by atoms with E-state index in [1.807, 2.05) is 48.2 Å². The lowest BCUT2D eigenvalue weighted by Crippen LogP contribution is -2.40. The van der Waals surface area contributed by atoms with Crippen molar-refractivity contribution in [3.8, 4) is 0 Å². The van der Waals surface area contributed by atoms with Crippen LogP contribution in [0.3, 0.4) is 0 Å². The van der Waals surface area contributed by atoms with E-state index >= 15 is 0 Å². The molecule has 1 aromatic rings. The van der Waals surface area contributed by atoms with E-state index in [1.54, 1.807) is 4.90 Å². The normalized spacial score (nSPS) is 19.2. The quantitative estimate of drug-likeness (QED) is 0.779. The first kappa shape index (κ1) is 20.9. The molecule has 1 saturated heterocycles. The minimum atomic E-state index is -0.403. The number of amides is 3. The van der Waals surface area contributed by atoms with Gasteiger partial charge in [0.15, 0.2) is 0 Å². The molecule has 1 N–H and O–H groups in total. The van der Waals surface area contributed by atoms with E-state index in [0.29, 0.717) is 32.7 Å². The molecule has 0 aliphatic carbocycles. The fraction of sp³-hybridized carbons (Fsp3) is 0.476. The summed E-state index contributed by atoms with van der Waals surface area (Å²) >= 11 is 0. The highest BCUT2D eigenvalue weighted by atomic mass is 16.6. The fourth-order valence-electron chi connectivity index (χ4n) is 3.48. The summed E-state index contributed by atoms with van der Waals surface area (Å²) in [6.45, 7) is 3.91. The first-order chi connectivity index (χ1) is 13.8. The average molecular weight is 400 g/mol. The second kappa shape index (κ2) is 9.09. The Morgan fingerprint density at radius 1 is 1.24 bits per heavy atom. The number of carbonyl (C=O) groups excluding carboxylic acids is 3. The smallest absolute Gasteiger partial charge is 0.414 e. The second-order valence-electron chi connectivity index (χ2n) is 7.66. The van der Waals surface area contributed by atoms with Crippen molar-refractivity contribution in [2.75, 3.05) is 51.7 Å². The Labute approximate surface area is 171 Å². The van der Waals surface area contributed by atoms with E-state index in [0.717, 1.165) is 17.7 Å². The van der Waals surface area contributed by atoms with Crippen LogP contribution in [-0.2, 0) is 14.3 Å². The zero-order valence-corrected chi connectivity index (χ0v) is 17.2. The summed E-state index contributed by atoms with van der Waals surface area (Å²) in [5.74, 6) is -0.00593. The molecule has 1 fully saturated rings. The third-order valence-electron chi connectivity index (χ3n) is 5.02. The third kappa shape index (κ3) is 5.35. The van der Waals surface area contributed by atoms with Gasteiger partial charge in [0.2, 0.25) is 11.8 Å². The van der Waals surface area contributed by atoms with Gasteiger partial charge in [-0.05, 0) is 43.8 Å². The molecular formula is C21H28N4O4. The first-order valence-electron chi connectivity index (χ1n) is 9.78. The summed E-state index contributed by atoms with van der Waals surface area (Å²) in [4.78, 5) is 40.7. The highest BCUT2D eigenvalue weighted by Gasteiger charge is 2.32. The number of cyclic esters (lactones) is 1. The summed E-state index contributed by atoms with van der Waals surface area (Å²) in [6.07, 6.45) is 2.15. The highest BCUT2D eigenvalue weighted by molar-refractivity contribution is 5.90. The second-order valence-corrected chi connectivity index (χ2v) is 7.66. The lowest BCUT2D eigenvalue weighted by atomic mass is 9.99. The Hall–Kier alpha value is -2.87. The maximum Gasteiger partial charge on any atom is 0.414 e. The number of rotatable bonds is 6. The van der Waals surface area contributed by atoms with E-state index in [1.165, 1.54) is 12.5 Å². The van der Waals surface area contributed by atoms with Crippen molar-refractivity contribution in [3.05, 3.63) is 35.9 Å². The molecule has 0 radical (unpaired) electrons.